The van der Waals surface area contributed by atoms with E-state index >= 15 is 0 Å². The topological polar surface area (TPSA) is 62.3 Å². The minimum Gasteiger partial charge on any atom is -0.383 e. The number of nitrogens with zero attached hydrogens (tertiary/aromatic N) is 3. The van der Waals surface area contributed by atoms with Crippen LogP contribution in [0.25, 0.3) is 0 Å². The summed E-state index contributed by atoms with van der Waals surface area (Å²) in [4.78, 5) is 32.7. The molecule has 2 aliphatic heterocycles. The van der Waals surface area contributed by atoms with Gasteiger partial charge >= 0.3 is 6.18 Å². The monoisotopic (exact) mass is 483 g/mol. The number of hydrogen-bond acceptors (Lipinski definition) is 5. The molecule has 3 fully saturated rings. The van der Waals surface area contributed by atoms with Gasteiger partial charge in [0.25, 0.3) is 5.91 Å². The largest absolute Gasteiger partial charge is 0.416 e. The zero-order chi connectivity index (χ0) is 24.3. The second-order valence-electron chi connectivity index (χ2n) is 9.24. The molecule has 0 radical (unpaired) electrons. The fraction of sp³-hybridized carbons (Fsp3) is 0.667. The van der Waals surface area contributed by atoms with Crippen LogP contribution in [0.3, 0.4) is 0 Å². The molecular weight excluding hydrogens is 451 g/mol. The third-order valence-electron chi connectivity index (χ3n) is 7.15. The van der Waals surface area contributed by atoms with Gasteiger partial charge in [-0.3, -0.25) is 19.4 Å². The first-order valence-corrected chi connectivity index (χ1v) is 11.9. The molecule has 1 saturated carbocycles. The van der Waals surface area contributed by atoms with E-state index in [-0.39, 0.29) is 18.1 Å². The highest BCUT2D eigenvalue weighted by atomic mass is 19.4. The Kier molecular flexibility index (Phi) is 7.49. The van der Waals surface area contributed by atoms with Gasteiger partial charge in [-0.05, 0) is 49.9 Å². The van der Waals surface area contributed by atoms with Crippen LogP contribution in [0.4, 0.5) is 13.2 Å². The highest BCUT2D eigenvalue weighted by molar-refractivity contribution is 5.98. The summed E-state index contributed by atoms with van der Waals surface area (Å²) in [5, 5.41) is 0. The maximum absolute atomic E-state index is 13.6. The van der Waals surface area contributed by atoms with Crippen molar-refractivity contribution in [2.75, 3.05) is 53.0 Å². The van der Waals surface area contributed by atoms with Crippen molar-refractivity contribution in [2.24, 2.45) is 0 Å². The molecule has 10 heteroatoms. The first-order valence-electron chi connectivity index (χ1n) is 11.9. The lowest BCUT2D eigenvalue weighted by Crippen LogP contribution is -2.59. The molecular formula is C24H32F3N3O4. The maximum Gasteiger partial charge on any atom is 0.416 e. The SMILES string of the molecule is COCCN1CCN(C(=O)C2COC3(CCCCC3)N2C(=O)c2ccc(C(F)(F)F)cc2)CC1. The van der Waals surface area contributed by atoms with Gasteiger partial charge in [0.1, 0.15) is 11.8 Å². The second-order valence-corrected chi connectivity index (χ2v) is 9.24. The highest BCUT2D eigenvalue weighted by Gasteiger charge is 2.53. The summed E-state index contributed by atoms with van der Waals surface area (Å²) >= 11 is 0. The Morgan fingerprint density at radius 3 is 2.29 bits per heavy atom. The molecule has 1 aromatic rings. The smallest absolute Gasteiger partial charge is 0.383 e. The number of carbonyl (C=O) groups is 2. The molecule has 3 aliphatic rings. The van der Waals surface area contributed by atoms with Crippen LogP contribution in [0.1, 0.15) is 48.0 Å². The molecule has 2 saturated heterocycles. The zero-order valence-electron chi connectivity index (χ0n) is 19.5. The second kappa shape index (κ2) is 10.2. The third kappa shape index (κ3) is 5.08. The number of ether oxygens (including phenoxy) is 2. The van der Waals surface area contributed by atoms with Crippen molar-refractivity contribution < 1.29 is 32.2 Å². The molecule has 2 heterocycles. The van der Waals surface area contributed by atoms with Gasteiger partial charge < -0.3 is 14.4 Å². The number of halogens is 3. The van der Waals surface area contributed by atoms with Crippen LogP contribution in [-0.2, 0) is 20.4 Å². The molecule has 4 rings (SSSR count). The lowest BCUT2D eigenvalue weighted by Gasteiger charge is -2.43. The first-order chi connectivity index (χ1) is 16.2. The van der Waals surface area contributed by atoms with Crippen LogP contribution in [0.15, 0.2) is 24.3 Å². The highest BCUT2D eigenvalue weighted by Crippen LogP contribution is 2.42. The molecule has 0 N–H and O–H groups in total. The van der Waals surface area contributed by atoms with E-state index < -0.39 is 29.4 Å². The van der Waals surface area contributed by atoms with Crippen molar-refractivity contribution >= 4 is 11.8 Å². The van der Waals surface area contributed by atoms with Crippen molar-refractivity contribution in [3.8, 4) is 0 Å². The van der Waals surface area contributed by atoms with Gasteiger partial charge in [-0.25, -0.2) is 0 Å². The Labute approximate surface area is 197 Å². The van der Waals surface area contributed by atoms with Crippen molar-refractivity contribution in [2.45, 2.75) is 50.0 Å². The first kappa shape index (κ1) is 24.9. The van der Waals surface area contributed by atoms with Crippen LogP contribution in [0.2, 0.25) is 0 Å². The fourth-order valence-electron chi connectivity index (χ4n) is 5.22. The van der Waals surface area contributed by atoms with E-state index in [9.17, 15) is 22.8 Å². The average molecular weight is 484 g/mol. The number of benzene rings is 1. The average Bonchev–Trinajstić information content (AvgIpc) is 3.20. The van der Waals surface area contributed by atoms with Gasteiger partial charge in [-0.1, -0.05) is 6.42 Å². The number of amides is 2. The Balaban J connectivity index is 1.54. The van der Waals surface area contributed by atoms with E-state index in [1.807, 2.05) is 0 Å². The Bertz CT molecular complexity index is 863. The quantitative estimate of drug-likeness (QED) is 0.645. The third-order valence-corrected chi connectivity index (χ3v) is 7.15. The number of methoxy groups -OCH3 is 1. The van der Waals surface area contributed by atoms with Crippen molar-refractivity contribution in [3.05, 3.63) is 35.4 Å². The van der Waals surface area contributed by atoms with Crippen LogP contribution >= 0.6 is 0 Å². The van der Waals surface area contributed by atoms with Crippen LogP contribution in [-0.4, -0.2) is 91.3 Å². The lowest BCUT2D eigenvalue weighted by atomic mass is 9.89. The molecule has 1 unspecified atom stereocenters. The predicted molar refractivity (Wildman–Crippen MR) is 118 cm³/mol. The van der Waals surface area contributed by atoms with Gasteiger partial charge in [0.2, 0.25) is 5.91 Å². The van der Waals surface area contributed by atoms with E-state index in [0.717, 1.165) is 51.0 Å². The van der Waals surface area contributed by atoms with Crippen LogP contribution in [0, 0.1) is 0 Å². The van der Waals surface area contributed by atoms with Gasteiger partial charge in [0.15, 0.2) is 0 Å². The Morgan fingerprint density at radius 2 is 1.71 bits per heavy atom. The molecule has 0 bridgehead atoms. The van der Waals surface area contributed by atoms with E-state index in [0.29, 0.717) is 32.5 Å². The number of alkyl halides is 3. The summed E-state index contributed by atoms with van der Waals surface area (Å²) in [7, 11) is 1.66. The summed E-state index contributed by atoms with van der Waals surface area (Å²) < 4.78 is 50.3. The standard InChI is InChI=1S/C24H32F3N3O4/c1-33-16-15-28-11-13-29(14-12-28)22(32)20-17-34-23(9-3-2-4-10-23)30(20)21(31)18-5-7-19(8-6-18)24(25,26)27/h5-8,20H,2-4,9-17H2,1H3. The fourth-order valence-corrected chi connectivity index (χ4v) is 5.22. The summed E-state index contributed by atoms with van der Waals surface area (Å²) in [5.74, 6) is -0.612. The number of rotatable bonds is 5. The molecule has 1 aromatic carbocycles. The van der Waals surface area contributed by atoms with E-state index in [4.69, 9.17) is 9.47 Å². The summed E-state index contributed by atoms with van der Waals surface area (Å²) in [6.45, 7) is 4.08. The normalized spacial score (nSPS) is 23.5. The number of carbonyl (C=O) groups excluding carboxylic acids is 2. The number of piperazine rings is 1. The van der Waals surface area contributed by atoms with Crippen LogP contribution in [0.5, 0.6) is 0 Å². The minimum absolute atomic E-state index is 0.106. The van der Waals surface area contributed by atoms with Crippen molar-refractivity contribution in [3.63, 3.8) is 0 Å². The van der Waals surface area contributed by atoms with Gasteiger partial charge in [-0.2, -0.15) is 13.2 Å². The summed E-state index contributed by atoms with van der Waals surface area (Å²) in [6.07, 6.45) is -0.476. The summed E-state index contributed by atoms with van der Waals surface area (Å²) in [5.41, 5.74) is -1.56. The minimum atomic E-state index is -4.48. The van der Waals surface area contributed by atoms with E-state index in [1.54, 1.807) is 12.0 Å². The molecule has 188 valence electrons. The van der Waals surface area contributed by atoms with E-state index in [1.165, 1.54) is 17.0 Å². The molecule has 1 spiro atoms. The van der Waals surface area contributed by atoms with Crippen LogP contribution < -0.4 is 0 Å². The lowest BCUT2D eigenvalue weighted by molar-refractivity contribution is -0.139. The Hall–Kier alpha value is -2.17. The molecule has 34 heavy (non-hydrogen) atoms. The molecule has 1 atom stereocenters. The van der Waals surface area contributed by atoms with E-state index in [2.05, 4.69) is 4.90 Å². The molecule has 1 aliphatic carbocycles. The van der Waals surface area contributed by atoms with Gasteiger partial charge in [0.05, 0.1) is 18.8 Å². The predicted octanol–water partition coefficient (Wildman–Crippen LogP) is 3.00. The van der Waals surface area contributed by atoms with Gasteiger partial charge in [0, 0.05) is 45.4 Å². The maximum atomic E-state index is 13.6. The van der Waals surface area contributed by atoms with Gasteiger partial charge in [-0.15, -0.1) is 0 Å². The zero-order valence-corrected chi connectivity index (χ0v) is 19.5. The number of hydrogen-bond donors (Lipinski definition) is 0. The van der Waals surface area contributed by atoms with Crippen molar-refractivity contribution in [1.82, 2.24) is 14.7 Å². The Morgan fingerprint density at radius 1 is 1.06 bits per heavy atom. The van der Waals surface area contributed by atoms with Crippen molar-refractivity contribution in [1.29, 1.82) is 0 Å². The summed E-state index contributed by atoms with van der Waals surface area (Å²) in [6, 6.07) is 3.42. The molecule has 0 aromatic heterocycles. The molecule has 7 nitrogen and oxygen atoms in total. The molecule has 2 amide bonds.